The normalized spacial score (nSPS) is 15.8. The molecule has 0 saturated carbocycles. The molecular formula is C19H15ClF3N3O5S. The molecule has 0 unspecified atom stereocenters. The van der Waals surface area contributed by atoms with Gasteiger partial charge in [-0.3, -0.25) is 4.79 Å². The second-order valence-electron chi connectivity index (χ2n) is 6.89. The van der Waals surface area contributed by atoms with E-state index < -0.39 is 37.6 Å². The van der Waals surface area contributed by atoms with E-state index in [1.165, 1.54) is 17.2 Å². The number of hydrogen-bond acceptors (Lipinski definition) is 6. The Labute approximate surface area is 185 Å². The molecule has 1 aliphatic rings. The predicted molar refractivity (Wildman–Crippen MR) is 105 cm³/mol. The van der Waals surface area contributed by atoms with Gasteiger partial charge in [-0.15, -0.1) is 0 Å². The Hall–Kier alpha value is -2.83. The monoisotopic (exact) mass is 489 g/mol. The quantitative estimate of drug-likeness (QED) is 0.553. The van der Waals surface area contributed by atoms with Gasteiger partial charge < -0.3 is 13.8 Å². The fourth-order valence-corrected chi connectivity index (χ4v) is 4.91. The molecular weight excluding hydrogens is 475 g/mol. The summed E-state index contributed by atoms with van der Waals surface area (Å²) in [6.45, 7) is -0.136. The van der Waals surface area contributed by atoms with Gasteiger partial charge in [0, 0.05) is 32.2 Å². The first kappa shape index (κ1) is 22.4. The summed E-state index contributed by atoms with van der Waals surface area (Å²) >= 11 is 5.57. The van der Waals surface area contributed by atoms with Crippen molar-refractivity contribution < 1.29 is 35.3 Å². The lowest BCUT2D eigenvalue weighted by Gasteiger charge is -2.33. The average Bonchev–Trinajstić information content (AvgIpc) is 3.44. The number of benzene rings is 1. The maximum absolute atomic E-state index is 13.1. The van der Waals surface area contributed by atoms with Crippen molar-refractivity contribution in [2.24, 2.45) is 0 Å². The van der Waals surface area contributed by atoms with Crippen molar-refractivity contribution in [3.8, 4) is 11.5 Å². The number of aromatic nitrogens is 1. The molecule has 170 valence electrons. The number of piperazine rings is 1. The Morgan fingerprint density at radius 1 is 1.06 bits per heavy atom. The van der Waals surface area contributed by atoms with E-state index in [4.69, 9.17) is 20.5 Å². The van der Waals surface area contributed by atoms with Crippen molar-refractivity contribution in [2.45, 2.75) is 11.1 Å². The molecule has 0 aliphatic carbocycles. The zero-order chi connectivity index (χ0) is 23.1. The molecule has 3 aromatic rings. The van der Waals surface area contributed by atoms with Crippen molar-refractivity contribution in [1.29, 1.82) is 0 Å². The van der Waals surface area contributed by atoms with E-state index in [0.29, 0.717) is 11.8 Å². The summed E-state index contributed by atoms with van der Waals surface area (Å²) in [7, 11) is -4.21. The summed E-state index contributed by atoms with van der Waals surface area (Å²) < 4.78 is 76.3. The maximum Gasteiger partial charge on any atom is 0.417 e. The molecule has 13 heteroatoms. The predicted octanol–water partition coefficient (Wildman–Crippen LogP) is 3.75. The highest BCUT2D eigenvalue weighted by Gasteiger charge is 2.36. The first-order valence-corrected chi connectivity index (χ1v) is 11.1. The molecule has 8 nitrogen and oxygen atoms in total. The van der Waals surface area contributed by atoms with Crippen LogP contribution in [-0.4, -0.2) is 54.9 Å². The summed E-state index contributed by atoms with van der Waals surface area (Å²) in [5.74, 6) is 0.200. The summed E-state index contributed by atoms with van der Waals surface area (Å²) in [5, 5.41) is 3.14. The third kappa shape index (κ3) is 4.25. The van der Waals surface area contributed by atoms with Gasteiger partial charge in [0.15, 0.2) is 11.5 Å². The molecule has 1 saturated heterocycles. The van der Waals surface area contributed by atoms with E-state index in [1.807, 2.05) is 0 Å². The average molecular weight is 490 g/mol. The second kappa shape index (κ2) is 8.26. The standard InChI is InChI=1S/C19H15ClF3N3O5S/c20-14-4-3-12(10-13(14)19(21,22)23)32(28,29)26-7-5-25(6-8-26)18(27)15-11-17(31-24-15)16-2-1-9-30-16/h1-4,9-11H,5-8H2. The number of amides is 1. The summed E-state index contributed by atoms with van der Waals surface area (Å²) in [6, 6.07) is 7.14. The number of rotatable bonds is 4. The lowest BCUT2D eigenvalue weighted by atomic mass is 10.2. The van der Waals surface area contributed by atoms with Crippen LogP contribution in [0.2, 0.25) is 5.02 Å². The number of furan rings is 1. The van der Waals surface area contributed by atoms with Gasteiger partial charge in [-0.25, -0.2) is 8.42 Å². The zero-order valence-corrected chi connectivity index (χ0v) is 17.7. The SMILES string of the molecule is O=C(c1cc(-c2ccco2)on1)N1CCN(S(=O)(=O)c2ccc(Cl)c(C(F)(F)F)c2)CC1. The largest absolute Gasteiger partial charge is 0.461 e. The Kier molecular flexibility index (Phi) is 5.77. The van der Waals surface area contributed by atoms with Crippen LogP contribution in [0.4, 0.5) is 13.2 Å². The molecule has 4 rings (SSSR count). The molecule has 32 heavy (non-hydrogen) atoms. The molecule has 0 spiro atoms. The Morgan fingerprint density at radius 2 is 1.78 bits per heavy atom. The minimum absolute atomic E-state index is 0.0280. The van der Waals surface area contributed by atoms with Crippen molar-refractivity contribution in [3.63, 3.8) is 0 Å². The Balaban J connectivity index is 1.46. The van der Waals surface area contributed by atoms with Gasteiger partial charge in [0.05, 0.1) is 21.7 Å². The number of carbonyl (C=O) groups is 1. The smallest absolute Gasteiger partial charge is 0.417 e. The number of carbonyl (C=O) groups excluding carboxylic acids is 1. The molecule has 3 heterocycles. The van der Waals surface area contributed by atoms with Crippen molar-refractivity contribution >= 4 is 27.5 Å². The molecule has 0 bridgehead atoms. The van der Waals surface area contributed by atoms with Crippen LogP contribution in [0.1, 0.15) is 16.1 Å². The highest BCUT2D eigenvalue weighted by atomic mass is 35.5. The van der Waals surface area contributed by atoms with E-state index in [0.717, 1.165) is 16.4 Å². The summed E-state index contributed by atoms with van der Waals surface area (Å²) in [5.41, 5.74) is -1.20. The Morgan fingerprint density at radius 3 is 2.41 bits per heavy atom. The number of nitrogens with zero attached hydrogens (tertiary/aromatic N) is 3. The molecule has 1 amide bonds. The van der Waals surface area contributed by atoms with Crippen LogP contribution in [0.15, 0.2) is 56.5 Å². The van der Waals surface area contributed by atoms with E-state index in [1.54, 1.807) is 12.1 Å². The lowest BCUT2D eigenvalue weighted by molar-refractivity contribution is -0.137. The third-order valence-electron chi connectivity index (χ3n) is 4.90. The van der Waals surface area contributed by atoms with E-state index in [9.17, 15) is 26.4 Å². The molecule has 1 aromatic carbocycles. The van der Waals surface area contributed by atoms with E-state index in [2.05, 4.69) is 5.16 Å². The summed E-state index contributed by atoms with van der Waals surface area (Å²) in [4.78, 5) is 13.5. The van der Waals surface area contributed by atoms with Crippen LogP contribution in [0.25, 0.3) is 11.5 Å². The minimum atomic E-state index is -4.79. The van der Waals surface area contributed by atoms with Gasteiger partial charge in [-0.2, -0.15) is 17.5 Å². The van der Waals surface area contributed by atoms with Gasteiger partial charge in [0.25, 0.3) is 5.91 Å². The fraction of sp³-hybridized carbons (Fsp3) is 0.263. The highest BCUT2D eigenvalue weighted by molar-refractivity contribution is 7.89. The molecule has 0 N–H and O–H groups in total. The zero-order valence-electron chi connectivity index (χ0n) is 16.2. The van der Waals surface area contributed by atoms with Crippen molar-refractivity contribution in [3.05, 3.63) is 58.9 Å². The fourth-order valence-electron chi connectivity index (χ4n) is 3.24. The number of halogens is 4. The van der Waals surface area contributed by atoms with E-state index >= 15 is 0 Å². The first-order valence-electron chi connectivity index (χ1n) is 9.24. The minimum Gasteiger partial charge on any atom is -0.461 e. The second-order valence-corrected chi connectivity index (χ2v) is 9.23. The third-order valence-corrected chi connectivity index (χ3v) is 7.12. The van der Waals surface area contributed by atoms with Crippen molar-refractivity contribution in [2.75, 3.05) is 26.2 Å². The van der Waals surface area contributed by atoms with Crippen LogP contribution in [0.3, 0.4) is 0 Å². The van der Waals surface area contributed by atoms with E-state index in [-0.39, 0.29) is 37.6 Å². The van der Waals surface area contributed by atoms with Crippen LogP contribution in [-0.2, 0) is 16.2 Å². The number of hydrogen-bond donors (Lipinski definition) is 0. The van der Waals surface area contributed by atoms with Gasteiger partial charge >= 0.3 is 6.18 Å². The molecule has 1 aliphatic heterocycles. The topological polar surface area (TPSA) is 96.9 Å². The highest BCUT2D eigenvalue weighted by Crippen LogP contribution is 2.36. The van der Waals surface area contributed by atoms with Gasteiger partial charge in [-0.1, -0.05) is 16.8 Å². The van der Waals surface area contributed by atoms with Crippen LogP contribution < -0.4 is 0 Å². The number of sulfonamides is 1. The number of alkyl halides is 3. The van der Waals surface area contributed by atoms with Crippen LogP contribution in [0.5, 0.6) is 0 Å². The molecule has 1 fully saturated rings. The Bertz CT molecular complexity index is 1230. The van der Waals surface area contributed by atoms with Crippen LogP contribution in [0, 0.1) is 0 Å². The first-order chi connectivity index (χ1) is 15.1. The lowest BCUT2D eigenvalue weighted by Crippen LogP contribution is -2.50. The summed E-state index contributed by atoms with van der Waals surface area (Å²) in [6.07, 6.45) is -3.35. The molecule has 0 atom stereocenters. The van der Waals surface area contributed by atoms with Gasteiger partial charge in [-0.05, 0) is 30.3 Å². The van der Waals surface area contributed by atoms with Crippen LogP contribution >= 0.6 is 11.6 Å². The van der Waals surface area contributed by atoms with Gasteiger partial charge in [0.1, 0.15) is 0 Å². The maximum atomic E-state index is 13.1. The van der Waals surface area contributed by atoms with Crippen molar-refractivity contribution in [1.82, 2.24) is 14.4 Å². The molecule has 0 radical (unpaired) electrons. The molecule has 2 aromatic heterocycles. The van der Waals surface area contributed by atoms with Gasteiger partial charge in [0.2, 0.25) is 15.8 Å².